The molecule has 22 nitrogen and oxygen atoms in total. The first-order chi connectivity index (χ1) is 31.4. The Labute approximate surface area is 386 Å². The number of phosphoric acid groups is 3. The highest BCUT2D eigenvalue weighted by Gasteiger charge is 2.43. The largest absolute Gasteiger partial charge is 0.490 e. The molecule has 2 aromatic carbocycles. The number of hydrogen-bond acceptors (Lipinski definition) is 14. The number of aromatic nitrogens is 2. The van der Waals surface area contributed by atoms with E-state index in [9.17, 15) is 47.8 Å². The number of aliphatic hydroxyl groups is 1. The van der Waals surface area contributed by atoms with Gasteiger partial charge in [0.05, 0.1) is 18.3 Å². The number of nitrogens with one attached hydrogen (secondary N) is 2. The first-order valence-electron chi connectivity index (χ1n) is 20.4. The van der Waals surface area contributed by atoms with Crippen LogP contribution in [0.2, 0.25) is 0 Å². The number of nitrogens with zero attached hydrogens (tertiary/aromatic N) is 4. The fourth-order valence-corrected chi connectivity index (χ4v) is 11.4. The Morgan fingerprint density at radius 1 is 0.985 bits per heavy atom. The molecule has 3 heterocycles. The van der Waals surface area contributed by atoms with Crippen LogP contribution in [0.15, 0.2) is 82.5 Å². The maximum atomic E-state index is 14.1. The number of H-pyrrole nitrogens is 1. The summed E-state index contributed by atoms with van der Waals surface area (Å²) in [6, 6.07) is 20.2. The molecular weight excluding hydrogens is 957 g/mol. The van der Waals surface area contributed by atoms with Crippen molar-refractivity contribution in [1.82, 2.24) is 24.3 Å². The number of benzene rings is 3. The summed E-state index contributed by atoms with van der Waals surface area (Å²) in [5.74, 6) is -0.525. The Morgan fingerprint density at radius 3 is 2.42 bits per heavy atom. The first-order valence-corrected chi connectivity index (χ1v) is 25.7. The monoisotopic (exact) mass is 1010 g/mol. The third-order valence-electron chi connectivity index (χ3n) is 10.4. The Bertz CT molecular complexity index is 3020. The van der Waals surface area contributed by atoms with E-state index in [0.29, 0.717) is 12.0 Å². The number of carbonyl (C=O) groups is 2. The maximum absolute atomic E-state index is 14.1. The van der Waals surface area contributed by atoms with Gasteiger partial charge in [0, 0.05) is 97.2 Å². The zero-order valence-corrected chi connectivity index (χ0v) is 40.2. The second kappa shape index (κ2) is 21.1. The summed E-state index contributed by atoms with van der Waals surface area (Å²) >= 11 is 1.70. The minimum absolute atomic E-state index is 0.00716. The number of phosphoric ester groups is 1. The molecule has 3 aromatic rings. The van der Waals surface area contributed by atoms with Gasteiger partial charge in [0.2, 0.25) is 11.3 Å². The molecule has 0 bridgehead atoms. The van der Waals surface area contributed by atoms with Gasteiger partial charge in [0.25, 0.3) is 11.5 Å². The van der Waals surface area contributed by atoms with Gasteiger partial charge < -0.3 is 44.5 Å². The lowest BCUT2D eigenvalue weighted by atomic mass is 9.91. The van der Waals surface area contributed by atoms with Crippen molar-refractivity contribution in [3.8, 4) is 21.6 Å². The van der Waals surface area contributed by atoms with E-state index < -0.39 is 59.8 Å². The number of aliphatic hydroxyl groups excluding tert-OH is 1. The lowest BCUT2D eigenvalue weighted by Crippen LogP contribution is -2.33. The molecule has 26 heteroatoms. The van der Waals surface area contributed by atoms with Crippen LogP contribution >= 0.6 is 34.8 Å². The Morgan fingerprint density at radius 2 is 1.72 bits per heavy atom. The number of rotatable bonds is 18. The molecule has 5 atom stereocenters. The van der Waals surface area contributed by atoms with Gasteiger partial charge in [-0.2, -0.15) is 8.62 Å². The van der Waals surface area contributed by atoms with Crippen molar-refractivity contribution >= 4 is 68.5 Å². The molecule has 2 amide bonds. The second-order valence-corrected chi connectivity index (χ2v) is 21.3. The van der Waals surface area contributed by atoms with Gasteiger partial charge in [-0.1, -0.05) is 36.4 Å². The SMILES string of the molecule is CN(CCCC(=O)NC/C=C/c1cn([C@H]2C[C@H](O)[C@@H](COP(=O)(O)OP(=O)(O)OP(=O)(O)O)O2)c(=O)[nH]c1=O)C(=O)c1ccccc1-c1c2ccc(=[N+](C)C)cc-2sc2cc(N(C)C)ccc12. The summed E-state index contributed by atoms with van der Waals surface area (Å²) in [6.45, 7) is -0.694. The van der Waals surface area contributed by atoms with Crippen LogP contribution in [0.5, 0.6) is 0 Å². The van der Waals surface area contributed by atoms with Crippen molar-refractivity contribution in [2.45, 2.75) is 37.7 Å². The molecule has 2 aliphatic heterocycles. The van der Waals surface area contributed by atoms with E-state index in [0.717, 1.165) is 53.5 Å². The number of anilines is 1. The normalized spacial score (nSPS) is 18.2. The Hall–Kier alpha value is -4.96. The lowest BCUT2D eigenvalue weighted by molar-refractivity contribution is -0.121. The van der Waals surface area contributed by atoms with Crippen molar-refractivity contribution in [1.29, 1.82) is 0 Å². The fourth-order valence-electron chi connectivity index (χ4n) is 7.17. The highest BCUT2D eigenvalue weighted by atomic mass is 32.1. The summed E-state index contributed by atoms with van der Waals surface area (Å²) in [4.78, 5) is 95.4. The average molecular weight is 1010 g/mol. The van der Waals surface area contributed by atoms with E-state index in [1.54, 1.807) is 23.3 Å². The molecule has 1 saturated heterocycles. The van der Waals surface area contributed by atoms with Crippen molar-refractivity contribution in [2.24, 2.45) is 0 Å². The van der Waals surface area contributed by atoms with Crippen molar-refractivity contribution in [2.75, 3.05) is 59.8 Å². The molecule has 0 saturated carbocycles. The van der Waals surface area contributed by atoms with Crippen LogP contribution in [0.1, 0.15) is 41.4 Å². The van der Waals surface area contributed by atoms with Crippen LogP contribution in [-0.4, -0.2) is 118 Å². The number of hydrogen-bond donors (Lipinski definition) is 7. The molecule has 1 aromatic heterocycles. The van der Waals surface area contributed by atoms with Crippen molar-refractivity contribution in [3.05, 3.63) is 110 Å². The van der Waals surface area contributed by atoms with Crippen LogP contribution in [0.25, 0.3) is 37.7 Å². The molecule has 1 aliphatic carbocycles. The summed E-state index contributed by atoms with van der Waals surface area (Å²) < 4.78 is 56.0. The smallest absolute Gasteiger partial charge is 0.390 e. The van der Waals surface area contributed by atoms with Crippen LogP contribution in [0.3, 0.4) is 0 Å². The van der Waals surface area contributed by atoms with E-state index >= 15 is 0 Å². The summed E-state index contributed by atoms with van der Waals surface area (Å²) in [5.41, 5.74) is 2.59. The Balaban J connectivity index is 1.05. The maximum Gasteiger partial charge on any atom is 0.490 e. The Kier molecular flexibility index (Phi) is 16.2. The summed E-state index contributed by atoms with van der Waals surface area (Å²) in [6.07, 6.45) is -0.0598. The zero-order chi connectivity index (χ0) is 49.0. The summed E-state index contributed by atoms with van der Waals surface area (Å²) in [5, 5.41) is 15.3. The van der Waals surface area contributed by atoms with E-state index in [2.05, 4.69) is 69.3 Å². The molecule has 0 spiro atoms. The highest BCUT2D eigenvalue weighted by Crippen LogP contribution is 2.66. The van der Waals surface area contributed by atoms with Gasteiger partial charge >= 0.3 is 29.2 Å². The molecule has 7 N–H and O–H groups in total. The van der Waals surface area contributed by atoms with Crippen LogP contribution in [0, 0.1) is 0 Å². The molecule has 6 rings (SSSR count). The van der Waals surface area contributed by atoms with Crippen molar-refractivity contribution < 1.29 is 65.8 Å². The summed E-state index contributed by atoms with van der Waals surface area (Å²) in [7, 11) is -7.25. The topological polar surface area (TPSA) is 300 Å². The fraction of sp³-hybridized carbons (Fsp3) is 0.341. The first kappa shape index (κ1) is 51.4. The van der Waals surface area contributed by atoms with Crippen LogP contribution in [0.4, 0.5) is 5.69 Å². The van der Waals surface area contributed by atoms with Gasteiger partial charge in [-0.25, -0.2) is 23.1 Å². The average Bonchev–Trinajstić information content (AvgIpc) is 3.61. The van der Waals surface area contributed by atoms with E-state index in [1.807, 2.05) is 52.5 Å². The molecule has 360 valence electrons. The molecule has 67 heavy (non-hydrogen) atoms. The number of aromatic amines is 1. The number of carbonyl (C=O) groups excluding carboxylic acids is 2. The predicted molar refractivity (Wildman–Crippen MR) is 249 cm³/mol. The number of amides is 2. The van der Waals surface area contributed by atoms with Gasteiger partial charge in [0.1, 0.15) is 26.4 Å². The molecular formula is C41H50N6O16P3S+. The van der Waals surface area contributed by atoms with Gasteiger partial charge in [0.15, 0.2) is 0 Å². The molecule has 2 unspecified atom stereocenters. The molecule has 0 radical (unpaired) electrons. The standard InChI is InChI=1S/C41H49N6O16P3S/c1-44(2)26-14-16-30-34(20-26)67-35-21-27(45(3)4)15-17-31(35)38(30)28-11-6-7-12-29(28)40(51)46(5)19-9-13-36(49)42-18-8-10-25-23-47(41(52)43-39(25)50)37-22-32(48)33(61-37)24-60-65(56,57)63-66(58,59)62-64(53,54)55/h6-8,10-12,14-17,20-21,23,32-33,37,48H,9,13,18-19,22,24H2,1-5H3,(H5-,42,43,49,50,52,53,54,55,56,57,58,59)/p+1/b10-8+/t32-,33+,37+/m0/s1. The van der Waals surface area contributed by atoms with Crippen LogP contribution in [-0.2, 0) is 36.4 Å². The van der Waals surface area contributed by atoms with Crippen LogP contribution < -0.4 is 31.4 Å². The number of fused-ring (bicyclic) bond motifs is 2. The molecule has 3 aliphatic rings. The van der Waals surface area contributed by atoms with E-state index in [1.165, 1.54) is 12.2 Å². The van der Waals surface area contributed by atoms with Crippen molar-refractivity contribution in [3.63, 3.8) is 0 Å². The second-order valence-electron chi connectivity index (χ2n) is 15.8. The quantitative estimate of drug-likeness (QED) is 0.0376. The molecule has 1 fully saturated rings. The minimum atomic E-state index is -5.78. The lowest BCUT2D eigenvalue weighted by Gasteiger charge is -2.22. The third kappa shape index (κ3) is 13.2. The van der Waals surface area contributed by atoms with Gasteiger partial charge in [-0.15, -0.1) is 11.3 Å². The predicted octanol–water partition coefficient (Wildman–Crippen LogP) is 3.29. The van der Waals surface area contributed by atoms with Gasteiger partial charge in [-0.3, -0.25) is 28.5 Å². The number of ether oxygens (including phenoxy) is 1. The van der Waals surface area contributed by atoms with Gasteiger partial charge in [-0.05, 0) is 41.8 Å². The third-order valence-corrected chi connectivity index (χ3v) is 15.4. The van der Waals surface area contributed by atoms with E-state index in [-0.39, 0.29) is 43.3 Å². The van der Waals surface area contributed by atoms with E-state index in [4.69, 9.17) is 14.5 Å². The zero-order valence-electron chi connectivity index (χ0n) is 36.7. The highest BCUT2D eigenvalue weighted by molar-refractivity contribution is 7.66. The minimum Gasteiger partial charge on any atom is -0.390 e.